The topological polar surface area (TPSA) is 154 Å². The van der Waals surface area contributed by atoms with Gasteiger partial charge in [-0.2, -0.15) is 4.72 Å². The Morgan fingerprint density at radius 2 is 1.94 bits per heavy atom. The van der Waals surface area contributed by atoms with Crippen molar-refractivity contribution in [2.24, 2.45) is 0 Å². The number of hydrogen-bond acceptors (Lipinski definition) is 8. The van der Waals surface area contributed by atoms with E-state index in [2.05, 4.69) is 27.2 Å². The maximum Gasteiger partial charge on any atom is 0.323 e. The van der Waals surface area contributed by atoms with Crippen molar-refractivity contribution in [1.82, 2.24) is 20.0 Å². The third kappa shape index (κ3) is 7.45. The Hall–Kier alpha value is -3.58. The number of anilines is 2. The predicted octanol–water partition coefficient (Wildman–Crippen LogP) is 0.985. The molecule has 1 aliphatic rings. The molecule has 1 saturated heterocycles. The lowest BCUT2D eigenvalue weighted by Crippen LogP contribution is -2.48. The van der Waals surface area contributed by atoms with Crippen molar-refractivity contribution in [3.05, 3.63) is 60.7 Å². The number of hydrogen-bond donors (Lipinski definition) is 4. The second-order valence-electron chi connectivity index (χ2n) is 7.93. The molecule has 13 heteroatoms. The van der Waals surface area contributed by atoms with Crippen molar-refractivity contribution < 1.29 is 27.5 Å². The fraction of sp³-hybridized carbons (Fsp3) is 0.364. The average molecular weight is 507 g/mol. The van der Waals surface area contributed by atoms with Gasteiger partial charge in [0.2, 0.25) is 16.0 Å². The first-order valence-corrected chi connectivity index (χ1v) is 12.5. The van der Waals surface area contributed by atoms with E-state index in [9.17, 15) is 27.5 Å². The molecule has 0 spiro atoms. The van der Waals surface area contributed by atoms with Crippen LogP contribution in [0.3, 0.4) is 0 Å². The molecule has 1 aliphatic heterocycles. The highest BCUT2D eigenvalue weighted by atomic mass is 32.2. The summed E-state index contributed by atoms with van der Waals surface area (Å²) in [6.45, 7) is 3.97. The van der Waals surface area contributed by atoms with Gasteiger partial charge in [0, 0.05) is 43.6 Å². The van der Waals surface area contributed by atoms with Crippen molar-refractivity contribution >= 4 is 33.5 Å². The second-order valence-corrected chi connectivity index (χ2v) is 9.73. The lowest BCUT2D eigenvalue weighted by atomic mass is 10.0. The van der Waals surface area contributed by atoms with Gasteiger partial charge < -0.3 is 20.6 Å². The van der Waals surface area contributed by atoms with E-state index in [-0.39, 0.29) is 11.6 Å². The van der Waals surface area contributed by atoms with Crippen molar-refractivity contribution in [2.75, 3.05) is 35.6 Å². The molecule has 0 saturated carbocycles. The van der Waals surface area contributed by atoms with Crippen LogP contribution in [0.25, 0.3) is 0 Å². The molecule has 0 bridgehead atoms. The van der Waals surface area contributed by atoms with Crippen LogP contribution in [0, 0.1) is 5.82 Å². The minimum Gasteiger partial charge on any atom is -0.480 e. The Morgan fingerprint density at radius 1 is 1.26 bits per heavy atom. The van der Waals surface area contributed by atoms with Gasteiger partial charge in [-0.05, 0) is 37.1 Å². The summed E-state index contributed by atoms with van der Waals surface area (Å²) in [5.74, 6) is -2.69. The Morgan fingerprint density at radius 3 is 2.54 bits per heavy atom. The number of benzene rings is 1. The van der Waals surface area contributed by atoms with Gasteiger partial charge >= 0.3 is 5.97 Å². The number of nitrogens with zero attached hydrogens (tertiary/aromatic N) is 3. The number of aliphatic carboxylic acids is 1. The quantitative estimate of drug-likeness (QED) is 0.327. The molecule has 1 aromatic carbocycles. The number of carbonyl (C=O) groups is 2. The normalized spacial score (nSPS) is 15.3. The summed E-state index contributed by atoms with van der Waals surface area (Å²) in [4.78, 5) is 34.0. The number of sulfonamides is 1. The summed E-state index contributed by atoms with van der Waals surface area (Å²) in [5, 5.41) is 14.8. The molecule has 0 radical (unpaired) electrons. The first-order valence-electron chi connectivity index (χ1n) is 10.9. The summed E-state index contributed by atoms with van der Waals surface area (Å²) in [7, 11) is -3.91. The van der Waals surface area contributed by atoms with Crippen molar-refractivity contribution in [3.63, 3.8) is 0 Å². The lowest BCUT2D eigenvalue weighted by Gasteiger charge is -2.34. The number of aromatic nitrogens is 2. The molecule has 4 N–H and O–H groups in total. The van der Waals surface area contributed by atoms with Crippen LogP contribution in [0.4, 0.5) is 16.0 Å². The highest BCUT2D eigenvalue weighted by Crippen LogP contribution is 2.25. The monoisotopic (exact) mass is 506 g/mol. The van der Waals surface area contributed by atoms with E-state index in [0.717, 1.165) is 25.0 Å². The molecule has 1 amide bonds. The Bertz CT molecular complexity index is 1160. The van der Waals surface area contributed by atoms with E-state index in [1.807, 2.05) is 9.62 Å². The van der Waals surface area contributed by atoms with Crippen LogP contribution in [-0.4, -0.2) is 72.8 Å². The highest BCUT2D eigenvalue weighted by Gasteiger charge is 2.25. The number of amides is 1. The third-order valence-corrected chi connectivity index (χ3v) is 6.69. The highest BCUT2D eigenvalue weighted by molar-refractivity contribution is 7.89. The zero-order valence-electron chi connectivity index (χ0n) is 18.9. The lowest BCUT2D eigenvalue weighted by molar-refractivity contribution is -0.138. The molecular weight excluding hydrogens is 479 g/mol. The third-order valence-electron chi connectivity index (χ3n) is 5.37. The minimum absolute atomic E-state index is 0.0119. The fourth-order valence-corrected chi connectivity index (χ4v) is 4.65. The molecule has 0 aliphatic carbocycles. The smallest absolute Gasteiger partial charge is 0.323 e. The van der Waals surface area contributed by atoms with Crippen molar-refractivity contribution in [2.45, 2.75) is 24.9 Å². The van der Waals surface area contributed by atoms with Gasteiger partial charge in [-0.25, -0.2) is 22.8 Å². The van der Waals surface area contributed by atoms with Gasteiger partial charge in [0.05, 0.1) is 11.4 Å². The fourth-order valence-electron chi connectivity index (χ4n) is 3.62. The number of piperidine rings is 1. The Kier molecular flexibility index (Phi) is 8.71. The summed E-state index contributed by atoms with van der Waals surface area (Å²) < 4.78 is 40.4. The van der Waals surface area contributed by atoms with E-state index in [0.29, 0.717) is 24.7 Å². The summed E-state index contributed by atoms with van der Waals surface area (Å²) in [5.41, 5.74) is 0.346. The van der Waals surface area contributed by atoms with Crippen LogP contribution in [0.15, 0.2) is 49.3 Å². The van der Waals surface area contributed by atoms with Crippen molar-refractivity contribution in [3.8, 4) is 0 Å². The van der Waals surface area contributed by atoms with Crippen molar-refractivity contribution in [1.29, 1.82) is 0 Å². The predicted molar refractivity (Wildman–Crippen MR) is 128 cm³/mol. The van der Waals surface area contributed by atoms with Gasteiger partial charge in [-0.15, -0.1) is 6.58 Å². The number of rotatable bonds is 11. The van der Waals surface area contributed by atoms with Gasteiger partial charge in [-0.1, -0.05) is 6.08 Å². The Balaban J connectivity index is 1.56. The molecule has 2 aromatic rings. The number of carboxylic acid groups (broad SMARTS) is 1. The molecular formula is C22H27FN6O5S. The molecule has 0 unspecified atom stereocenters. The van der Waals surface area contributed by atoms with Gasteiger partial charge in [-0.3, -0.25) is 9.59 Å². The minimum atomic E-state index is -3.91. The van der Waals surface area contributed by atoms with E-state index in [1.165, 1.54) is 12.1 Å². The van der Waals surface area contributed by atoms with Crippen LogP contribution in [0.5, 0.6) is 0 Å². The van der Waals surface area contributed by atoms with Gasteiger partial charge in [0.15, 0.2) is 0 Å². The maximum absolute atomic E-state index is 14.8. The van der Waals surface area contributed by atoms with E-state index in [4.69, 9.17) is 0 Å². The Labute approximate surface area is 202 Å². The van der Waals surface area contributed by atoms with Crippen LogP contribution < -0.4 is 20.3 Å². The van der Waals surface area contributed by atoms with Gasteiger partial charge in [0.25, 0.3) is 5.91 Å². The molecule has 35 heavy (non-hydrogen) atoms. The van der Waals surface area contributed by atoms with Crippen LogP contribution in [0.2, 0.25) is 0 Å². The summed E-state index contributed by atoms with van der Waals surface area (Å²) in [6, 6.07) is 4.33. The zero-order valence-corrected chi connectivity index (χ0v) is 19.7. The molecule has 1 atom stereocenters. The van der Waals surface area contributed by atoms with E-state index in [1.54, 1.807) is 18.5 Å². The number of halogens is 1. The van der Waals surface area contributed by atoms with Crippen LogP contribution >= 0.6 is 0 Å². The molecule has 11 nitrogen and oxygen atoms in total. The molecule has 1 aromatic heterocycles. The molecule has 188 valence electrons. The summed E-state index contributed by atoms with van der Waals surface area (Å²) >= 11 is 0. The second kappa shape index (κ2) is 11.7. The van der Waals surface area contributed by atoms with Gasteiger partial charge in [0.1, 0.15) is 11.9 Å². The largest absolute Gasteiger partial charge is 0.480 e. The van der Waals surface area contributed by atoms with E-state index >= 15 is 0 Å². The van der Waals surface area contributed by atoms with Crippen LogP contribution in [-0.2, 0) is 14.8 Å². The standard InChI is InChI=1S/C22H27FN6O5S/c1-2-12-35(33,34)28-18(21(31)32)14-26-20(30)15-4-5-19(17(23)13-15)29-10-6-16(7-11-29)27-22-24-8-3-9-25-22/h2-5,8-9,13,16,18,28H,1,6-7,10-12,14H2,(H,26,30)(H,31,32)(H,24,25,27)/t18-/m0/s1. The van der Waals surface area contributed by atoms with E-state index < -0.39 is 46.1 Å². The number of nitrogens with one attached hydrogen (secondary N) is 3. The first-order chi connectivity index (χ1) is 16.7. The number of carboxylic acids is 1. The number of carbonyl (C=O) groups excluding carboxylic acids is 1. The molecule has 1 fully saturated rings. The molecule has 2 heterocycles. The van der Waals surface area contributed by atoms with Crippen LogP contribution in [0.1, 0.15) is 23.2 Å². The SMILES string of the molecule is C=CCS(=O)(=O)N[C@@H](CNC(=O)c1ccc(N2CCC(Nc3ncccn3)CC2)c(F)c1)C(=O)O. The average Bonchev–Trinajstić information content (AvgIpc) is 2.82. The molecule has 3 rings (SSSR count). The summed E-state index contributed by atoms with van der Waals surface area (Å²) in [6.07, 6.45) is 5.92. The zero-order chi connectivity index (χ0) is 25.4. The first kappa shape index (κ1) is 26.0. The maximum atomic E-state index is 14.8.